The molecule has 0 spiro atoms. The standard InChI is InChI=1S/C18H14Cl3N3O3/c1-11(27-18(26)16-15(21)14(20)13(19)10-23-16)17(25)24(9-5-8-22)12-6-3-2-4-7-12/h2-4,6-7,10-11H,5,9H2,1H3. The number of para-hydroxylation sites is 1. The van der Waals surface area contributed by atoms with E-state index in [2.05, 4.69) is 4.98 Å². The number of ether oxygens (including phenoxy) is 1. The number of carbonyl (C=O) groups excluding carboxylic acids is 2. The molecule has 0 saturated heterocycles. The van der Waals surface area contributed by atoms with E-state index in [4.69, 9.17) is 44.8 Å². The predicted octanol–water partition coefficient (Wildman–Crippen LogP) is 4.53. The number of amides is 1. The van der Waals surface area contributed by atoms with E-state index >= 15 is 0 Å². The van der Waals surface area contributed by atoms with E-state index in [1.165, 1.54) is 18.0 Å². The van der Waals surface area contributed by atoms with Gasteiger partial charge in [0.05, 0.1) is 27.6 Å². The van der Waals surface area contributed by atoms with Crippen molar-refractivity contribution < 1.29 is 14.3 Å². The van der Waals surface area contributed by atoms with Gasteiger partial charge in [0.2, 0.25) is 0 Å². The van der Waals surface area contributed by atoms with Crippen LogP contribution in [0.15, 0.2) is 36.5 Å². The lowest BCUT2D eigenvalue weighted by atomic mass is 10.2. The highest BCUT2D eigenvalue weighted by Gasteiger charge is 2.27. The average Bonchev–Trinajstić information content (AvgIpc) is 2.67. The van der Waals surface area contributed by atoms with Crippen LogP contribution in [-0.2, 0) is 9.53 Å². The Morgan fingerprint density at radius 1 is 1.22 bits per heavy atom. The van der Waals surface area contributed by atoms with Crippen LogP contribution in [0.5, 0.6) is 0 Å². The molecule has 0 bridgehead atoms. The van der Waals surface area contributed by atoms with Crippen LogP contribution in [0.1, 0.15) is 23.8 Å². The Hall–Kier alpha value is -2.33. The van der Waals surface area contributed by atoms with Gasteiger partial charge in [0.15, 0.2) is 11.8 Å². The number of rotatable bonds is 6. The maximum Gasteiger partial charge on any atom is 0.359 e. The number of anilines is 1. The molecule has 1 heterocycles. The molecule has 2 aromatic rings. The van der Waals surface area contributed by atoms with E-state index in [1.54, 1.807) is 30.3 Å². The monoisotopic (exact) mass is 425 g/mol. The second kappa shape index (κ2) is 9.56. The normalized spacial score (nSPS) is 11.4. The number of pyridine rings is 1. The van der Waals surface area contributed by atoms with Crippen LogP contribution >= 0.6 is 34.8 Å². The maximum atomic E-state index is 12.8. The van der Waals surface area contributed by atoms with Crippen LogP contribution in [0, 0.1) is 11.3 Å². The average molecular weight is 427 g/mol. The third-order valence-corrected chi connectivity index (χ3v) is 4.76. The molecule has 6 nitrogen and oxygen atoms in total. The van der Waals surface area contributed by atoms with Gasteiger partial charge in [-0.2, -0.15) is 5.26 Å². The molecule has 0 N–H and O–H groups in total. The van der Waals surface area contributed by atoms with Crippen LogP contribution in [0.25, 0.3) is 0 Å². The summed E-state index contributed by atoms with van der Waals surface area (Å²) in [5.41, 5.74) is 0.348. The Labute approximate surface area is 171 Å². The highest BCUT2D eigenvalue weighted by Crippen LogP contribution is 2.31. The van der Waals surface area contributed by atoms with Crippen LogP contribution in [0.3, 0.4) is 0 Å². The summed E-state index contributed by atoms with van der Waals surface area (Å²) in [6.07, 6.45) is 0.160. The topological polar surface area (TPSA) is 83.3 Å². The van der Waals surface area contributed by atoms with Crippen molar-refractivity contribution in [3.8, 4) is 6.07 Å². The molecule has 1 aromatic carbocycles. The lowest BCUT2D eigenvalue weighted by Gasteiger charge is -2.25. The largest absolute Gasteiger partial charge is 0.448 e. The van der Waals surface area contributed by atoms with Crippen molar-refractivity contribution in [3.05, 3.63) is 57.3 Å². The number of halogens is 3. The maximum absolute atomic E-state index is 12.8. The Balaban J connectivity index is 2.18. The van der Waals surface area contributed by atoms with Crippen molar-refractivity contribution in [2.75, 3.05) is 11.4 Å². The lowest BCUT2D eigenvalue weighted by molar-refractivity contribution is -0.126. The predicted molar refractivity (Wildman–Crippen MR) is 103 cm³/mol. The van der Waals surface area contributed by atoms with E-state index in [1.807, 2.05) is 6.07 Å². The zero-order valence-electron chi connectivity index (χ0n) is 14.2. The first kappa shape index (κ1) is 21.0. The fourth-order valence-corrected chi connectivity index (χ4v) is 2.77. The van der Waals surface area contributed by atoms with Crippen molar-refractivity contribution >= 4 is 52.4 Å². The van der Waals surface area contributed by atoms with Crippen molar-refractivity contribution in [2.45, 2.75) is 19.4 Å². The molecule has 9 heteroatoms. The Bertz CT molecular complexity index is 885. The summed E-state index contributed by atoms with van der Waals surface area (Å²) >= 11 is 17.7. The van der Waals surface area contributed by atoms with Gasteiger partial charge in [0.25, 0.3) is 5.91 Å². The number of hydrogen-bond acceptors (Lipinski definition) is 5. The molecule has 140 valence electrons. The van der Waals surface area contributed by atoms with Gasteiger partial charge in [-0.15, -0.1) is 0 Å². The third-order valence-electron chi connectivity index (χ3n) is 3.52. The number of carbonyl (C=O) groups is 2. The lowest BCUT2D eigenvalue weighted by Crippen LogP contribution is -2.40. The molecule has 1 unspecified atom stereocenters. The molecule has 0 aliphatic carbocycles. The molecule has 1 amide bonds. The van der Waals surface area contributed by atoms with E-state index in [0.717, 1.165) is 0 Å². The Morgan fingerprint density at radius 3 is 2.52 bits per heavy atom. The first-order chi connectivity index (χ1) is 12.9. The van der Waals surface area contributed by atoms with Gasteiger partial charge in [-0.1, -0.05) is 53.0 Å². The highest BCUT2D eigenvalue weighted by atomic mass is 35.5. The van der Waals surface area contributed by atoms with Gasteiger partial charge in [-0.3, -0.25) is 4.79 Å². The molecule has 0 radical (unpaired) electrons. The van der Waals surface area contributed by atoms with Crippen molar-refractivity contribution in [3.63, 3.8) is 0 Å². The summed E-state index contributed by atoms with van der Waals surface area (Å²) in [5, 5.41) is 8.74. The summed E-state index contributed by atoms with van der Waals surface area (Å²) in [4.78, 5) is 30.3. The second-order valence-electron chi connectivity index (χ2n) is 5.36. The minimum absolute atomic E-state index is 0.0285. The van der Waals surface area contributed by atoms with Gasteiger partial charge in [-0.25, -0.2) is 9.78 Å². The number of aromatic nitrogens is 1. The van der Waals surface area contributed by atoms with Crippen LogP contribution in [0.2, 0.25) is 15.1 Å². The summed E-state index contributed by atoms with van der Waals surface area (Å²) < 4.78 is 5.19. The van der Waals surface area contributed by atoms with Gasteiger partial charge >= 0.3 is 5.97 Å². The van der Waals surface area contributed by atoms with Gasteiger partial charge in [-0.05, 0) is 19.1 Å². The van der Waals surface area contributed by atoms with Gasteiger partial charge in [0, 0.05) is 18.4 Å². The van der Waals surface area contributed by atoms with Crippen LogP contribution < -0.4 is 4.90 Å². The molecule has 0 aliphatic heterocycles. The van der Waals surface area contributed by atoms with Gasteiger partial charge in [0.1, 0.15) is 0 Å². The fourth-order valence-electron chi connectivity index (χ4n) is 2.21. The first-order valence-electron chi connectivity index (χ1n) is 7.80. The highest BCUT2D eigenvalue weighted by molar-refractivity contribution is 6.48. The smallest absolute Gasteiger partial charge is 0.359 e. The number of hydrogen-bond donors (Lipinski definition) is 0. The number of benzene rings is 1. The molecular formula is C18H14Cl3N3O3. The minimum atomic E-state index is -1.14. The minimum Gasteiger partial charge on any atom is -0.448 e. The van der Waals surface area contributed by atoms with Gasteiger partial charge < -0.3 is 9.64 Å². The Kier molecular flexibility index (Phi) is 7.43. The van der Waals surface area contributed by atoms with Crippen molar-refractivity contribution in [2.24, 2.45) is 0 Å². The van der Waals surface area contributed by atoms with Crippen molar-refractivity contribution in [1.29, 1.82) is 5.26 Å². The molecule has 1 aromatic heterocycles. The quantitative estimate of drug-likeness (QED) is 0.633. The molecule has 0 saturated carbocycles. The number of nitriles is 1. The summed E-state index contributed by atoms with van der Waals surface area (Å²) in [7, 11) is 0. The summed E-state index contributed by atoms with van der Waals surface area (Å²) in [5.74, 6) is -1.39. The van der Waals surface area contributed by atoms with E-state index in [9.17, 15) is 9.59 Å². The number of nitrogens with zero attached hydrogens (tertiary/aromatic N) is 3. The Morgan fingerprint density at radius 2 is 1.89 bits per heavy atom. The zero-order valence-corrected chi connectivity index (χ0v) is 16.4. The third kappa shape index (κ3) is 5.10. The first-order valence-corrected chi connectivity index (χ1v) is 8.94. The van der Waals surface area contributed by atoms with E-state index < -0.39 is 18.0 Å². The molecule has 0 fully saturated rings. The van der Waals surface area contributed by atoms with Crippen molar-refractivity contribution in [1.82, 2.24) is 4.98 Å². The summed E-state index contributed by atoms with van der Waals surface area (Å²) in [6, 6.07) is 10.8. The summed E-state index contributed by atoms with van der Waals surface area (Å²) in [6.45, 7) is 1.58. The molecule has 2 rings (SSSR count). The van der Waals surface area contributed by atoms with Crippen LogP contribution in [0.4, 0.5) is 5.69 Å². The number of esters is 1. The molecule has 1 atom stereocenters. The fraction of sp³-hybridized carbons (Fsp3) is 0.222. The molecule has 0 aliphatic rings. The zero-order chi connectivity index (χ0) is 20.0. The van der Waals surface area contributed by atoms with Crippen LogP contribution in [-0.4, -0.2) is 29.5 Å². The van der Waals surface area contributed by atoms with E-state index in [0.29, 0.717) is 5.69 Å². The van der Waals surface area contributed by atoms with E-state index in [-0.39, 0.29) is 33.7 Å². The molecular weight excluding hydrogens is 413 g/mol. The SMILES string of the molecule is CC(OC(=O)c1ncc(Cl)c(Cl)c1Cl)C(=O)N(CCC#N)c1ccccc1. The second-order valence-corrected chi connectivity index (χ2v) is 6.53. The molecule has 27 heavy (non-hydrogen) atoms.